The first kappa shape index (κ1) is 19.9. The zero-order valence-corrected chi connectivity index (χ0v) is 18.1. The molecule has 5 nitrogen and oxygen atoms in total. The molecule has 0 aliphatic carbocycles. The van der Waals surface area contributed by atoms with Crippen molar-refractivity contribution in [2.45, 2.75) is 6.92 Å². The molecule has 0 fully saturated rings. The summed E-state index contributed by atoms with van der Waals surface area (Å²) < 4.78 is 12.1. The number of para-hydroxylation sites is 2. The normalized spacial score (nSPS) is 11.2. The maximum Gasteiger partial charge on any atom is 0.248 e. The van der Waals surface area contributed by atoms with Crippen molar-refractivity contribution in [3.8, 4) is 17.2 Å². The van der Waals surface area contributed by atoms with Gasteiger partial charge in [0.05, 0.1) is 7.11 Å². The molecular formula is C24H19BrN2O3. The molecule has 30 heavy (non-hydrogen) atoms. The van der Waals surface area contributed by atoms with Gasteiger partial charge >= 0.3 is 0 Å². The Balaban J connectivity index is 1.57. The summed E-state index contributed by atoms with van der Waals surface area (Å²) in [5.74, 6) is 0.977. The maximum atomic E-state index is 12.5. The van der Waals surface area contributed by atoms with Gasteiger partial charge in [0.2, 0.25) is 11.8 Å². The highest BCUT2D eigenvalue weighted by atomic mass is 79.9. The number of hydrogen-bond donors (Lipinski definition) is 1. The van der Waals surface area contributed by atoms with Crippen LogP contribution >= 0.6 is 15.9 Å². The lowest BCUT2D eigenvalue weighted by atomic mass is 10.1. The lowest BCUT2D eigenvalue weighted by Gasteiger charge is -2.09. The highest BCUT2D eigenvalue weighted by Gasteiger charge is 2.13. The van der Waals surface area contributed by atoms with Crippen molar-refractivity contribution in [2.75, 3.05) is 12.4 Å². The van der Waals surface area contributed by atoms with Gasteiger partial charge in [0.25, 0.3) is 0 Å². The van der Waals surface area contributed by atoms with Crippen LogP contribution in [0.3, 0.4) is 0 Å². The summed E-state index contributed by atoms with van der Waals surface area (Å²) in [5.41, 5.74) is 4.75. The Hall–Kier alpha value is -3.38. The zero-order chi connectivity index (χ0) is 21.1. The highest BCUT2D eigenvalue weighted by Crippen LogP contribution is 2.30. The van der Waals surface area contributed by atoms with Gasteiger partial charge < -0.3 is 14.5 Å². The van der Waals surface area contributed by atoms with Crippen LogP contribution < -0.4 is 10.1 Å². The van der Waals surface area contributed by atoms with Crippen LogP contribution in [-0.2, 0) is 4.79 Å². The molecule has 0 aliphatic rings. The van der Waals surface area contributed by atoms with E-state index in [2.05, 4.69) is 26.2 Å². The minimum Gasteiger partial charge on any atom is -0.496 e. The van der Waals surface area contributed by atoms with Crippen molar-refractivity contribution < 1.29 is 13.9 Å². The number of benzene rings is 3. The lowest BCUT2D eigenvalue weighted by Crippen LogP contribution is -2.09. The molecule has 0 saturated heterocycles. The predicted molar refractivity (Wildman–Crippen MR) is 123 cm³/mol. The summed E-state index contributed by atoms with van der Waals surface area (Å²) in [6, 6.07) is 18.9. The molecule has 0 radical (unpaired) electrons. The van der Waals surface area contributed by atoms with Crippen LogP contribution in [0.25, 0.3) is 28.6 Å². The average Bonchev–Trinajstić information content (AvgIpc) is 3.18. The molecule has 3 aromatic carbocycles. The van der Waals surface area contributed by atoms with E-state index in [-0.39, 0.29) is 5.91 Å². The Morgan fingerprint density at radius 1 is 1.13 bits per heavy atom. The second-order valence-corrected chi connectivity index (χ2v) is 7.59. The summed E-state index contributed by atoms with van der Waals surface area (Å²) in [5, 5.41) is 2.93. The summed E-state index contributed by atoms with van der Waals surface area (Å²) >= 11 is 3.43. The van der Waals surface area contributed by atoms with Gasteiger partial charge in [-0.05, 0) is 61.0 Å². The van der Waals surface area contributed by atoms with Crippen LogP contribution in [0, 0.1) is 6.92 Å². The molecule has 0 bridgehead atoms. The Labute approximate surface area is 182 Å². The number of methoxy groups -OCH3 is 1. The standard InChI is InChI=1S/C24H19BrN2O3/c1-15-18(24-27-20-7-3-4-9-22(20)30-24)6-5-8-19(15)26-23(28)13-10-16-14-17(25)11-12-21(16)29-2/h3-14H,1-2H3,(H,26,28)/b13-10+. The van der Waals surface area contributed by atoms with Crippen LogP contribution in [0.15, 0.2) is 75.6 Å². The van der Waals surface area contributed by atoms with Gasteiger partial charge in [-0.3, -0.25) is 4.79 Å². The zero-order valence-electron chi connectivity index (χ0n) is 16.5. The minimum atomic E-state index is -0.241. The third-order valence-corrected chi connectivity index (χ3v) is 5.22. The van der Waals surface area contributed by atoms with Crippen LogP contribution in [0.2, 0.25) is 0 Å². The predicted octanol–water partition coefficient (Wildman–Crippen LogP) is 6.23. The number of rotatable bonds is 5. The van der Waals surface area contributed by atoms with Gasteiger partial charge in [0.15, 0.2) is 5.58 Å². The largest absolute Gasteiger partial charge is 0.496 e. The monoisotopic (exact) mass is 462 g/mol. The summed E-state index contributed by atoms with van der Waals surface area (Å²) in [6.45, 7) is 1.93. The molecule has 0 unspecified atom stereocenters. The summed E-state index contributed by atoms with van der Waals surface area (Å²) in [6.07, 6.45) is 3.20. The number of carbonyl (C=O) groups is 1. The van der Waals surface area contributed by atoms with E-state index in [1.54, 1.807) is 13.2 Å². The molecular weight excluding hydrogens is 444 g/mol. The second-order valence-electron chi connectivity index (χ2n) is 6.67. The molecule has 1 heterocycles. The summed E-state index contributed by atoms with van der Waals surface area (Å²) in [4.78, 5) is 17.1. The topological polar surface area (TPSA) is 64.4 Å². The number of halogens is 1. The third kappa shape index (κ3) is 4.14. The third-order valence-electron chi connectivity index (χ3n) is 4.72. The van der Waals surface area contributed by atoms with Gasteiger partial charge in [0.1, 0.15) is 11.3 Å². The number of hydrogen-bond acceptors (Lipinski definition) is 4. The molecule has 0 atom stereocenters. The van der Waals surface area contributed by atoms with Crippen molar-refractivity contribution >= 4 is 44.7 Å². The van der Waals surface area contributed by atoms with Crippen LogP contribution in [0.4, 0.5) is 5.69 Å². The molecule has 150 valence electrons. The van der Waals surface area contributed by atoms with E-state index in [0.717, 1.165) is 32.3 Å². The molecule has 0 saturated carbocycles. The van der Waals surface area contributed by atoms with Crippen molar-refractivity contribution in [1.82, 2.24) is 4.98 Å². The second kappa shape index (κ2) is 8.55. The number of anilines is 1. The number of nitrogens with zero attached hydrogens (tertiary/aromatic N) is 1. The first-order chi connectivity index (χ1) is 14.5. The van der Waals surface area contributed by atoms with Crippen LogP contribution in [-0.4, -0.2) is 18.0 Å². The molecule has 4 rings (SSSR count). The fraction of sp³-hybridized carbons (Fsp3) is 0.0833. The van der Waals surface area contributed by atoms with E-state index in [9.17, 15) is 4.79 Å². The Morgan fingerprint density at radius 2 is 1.97 bits per heavy atom. The lowest BCUT2D eigenvalue weighted by molar-refractivity contribution is -0.111. The van der Waals surface area contributed by atoms with Crippen molar-refractivity contribution in [3.05, 3.63) is 82.3 Å². The fourth-order valence-corrected chi connectivity index (χ4v) is 3.54. The number of fused-ring (bicyclic) bond motifs is 1. The molecule has 0 spiro atoms. The van der Waals surface area contributed by atoms with E-state index in [0.29, 0.717) is 17.3 Å². The molecule has 1 aromatic heterocycles. The molecule has 1 N–H and O–H groups in total. The van der Waals surface area contributed by atoms with Gasteiger partial charge in [-0.2, -0.15) is 0 Å². The first-order valence-electron chi connectivity index (χ1n) is 9.33. The number of oxazole rings is 1. The van der Waals surface area contributed by atoms with Gasteiger partial charge in [-0.25, -0.2) is 4.98 Å². The smallest absolute Gasteiger partial charge is 0.248 e. The summed E-state index contributed by atoms with van der Waals surface area (Å²) in [7, 11) is 1.60. The van der Waals surface area contributed by atoms with E-state index in [1.807, 2.05) is 67.6 Å². The van der Waals surface area contributed by atoms with E-state index in [4.69, 9.17) is 9.15 Å². The number of carbonyl (C=O) groups excluding carboxylic acids is 1. The van der Waals surface area contributed by atoms with Gasteiger partial charge in [0, 0.05) is 27.4 Å². The quantitative estimate of drug-likeness (QED) is 0.357. The average molecular weight is 463 g/mol. The molecule has 4 aromatic rings. The Kier molecular flexibility index (Phi) is 5.68. The van der Waals surface area contributed by atoms with Gasteiger partial charge in [-0.15, -0.1) is 0 Å². The van der Waals surface area contributed by atoms with E-state index in [1.165, 1.54) is 6.08 Å². The van der Waals surface area contributed by atoms with Crippen LogP contribution in [0.5, 0.6) is 5.75 Å². The number of nitrogens with one attached hydrogen (secondary N) is 1. The molecule has 0 aliphatic heterocycles. The minimum absolute atomic E-state index is 0.241. The van der Waals surface area contributed by atoms with Gasteiger partial charge in [-0.1, -0.05) is 34.1 Å². The number of amides is 1. The molecule has 6 heteroatoms. The van der Waals surface area contributed by atoms with E-state index >= 15 is 0 Å². The Bertz CT molecular complexity index is 1230. The van der Waals surface area contributed by atoms with Crippen LogP contribution in [0.1, 0.15) is 11.1 Å². The number of ether oxygens (including phenoxy) is 1. The van der Waals surface area contributed by atoms with Crippen molar-refractivity contribution in [2.24, 2.45) is 0 Å². The maximum absolute atomic E-state index is 12.5. The number of aromatic nitrogens is 1. The van der Waals surface area contributed by atoms with E-state index < -0.39 is 0 Å². The SMILES string of the molecule is COc1ccc(Br)cc1/C=C/C(=O)Nc1cccc(-c2nc3ccccc3o2)c1C. The highest BCUT2D eigenvalue weighted by molar-refractivity contribution is 9.10. The molecule has 1 amide bonds. The van der Waals surface area contributed by atoms with Crippen molar-refractivity contribution in [3.63, 3.8) is 0 Å². The van der Waals surface area contributed by atoms with Crippen molar-refractivity contribution in [1.29, 1.82) is 0 Å². The first-order valence-corrected chi connectivity index (χ1v) is 10.1. The Morgan fingerprint density at radius 3 is 2.77 bits per heavy atom. The fourth-order valence-electron chi connectivity index (χ4n) is 3.17.